The van der Waals surface area contributed by atoms with Gasteiger partial charge in [-0.3, -0.25) is 6.08 Å². The van der Waals surface area contributed by atoms with Crippen LogP contribution in [0.1, 0.15) is 34.1 Å². The molecule has 2 rings (SSSR count). The Hall–Kier alpha value is 0.134. The van der Waals surface area contributed by atoms with Gasteiger partial charge < -0.3 is 24.8 Å². The van der Waals surface area contributed by atoms with Gasteiger partial charge in [0.2, 0.25) is 6.54 Å². The van der Waals surface area contributed by atoms with E-state index in [9.17, 15) is 0 Å². The molecule has 0 saturated carbocycles. The van der Waals surface area contributed by atoms with E-state index in [1.165, 1.54) is 16.7 Å². The summed E-state index contributed by atoms with van der Waals surface area (Å²) in [6, 6.07) is 2.72. The van der Waals surface area contributed by atoms with Crippen molar-refractivity contribution >= 4 is 0 Å². The van der Waals surface area contributed by atoms with Crippen molar-refractivity contribution in [2.45, 2.75) is 34.1 Å². The molecule has 0 radical (unpaired) electrons. The predicted molar refractivity (Wildman–Crippen MR) is 61.0 cm³/mol. The van der Waals surface area contributed by atoms with E-state index in [2.05, 4.69) is 44.7 Å². The zero-order chi connectivity index (χ0) is 10.6. The SMILES string of the molecule is C1#[N+]CC[CH-]1.CC1=[C-]C(C)C(C)=C1C.[Cl-].[Cl-].[Ti+2]. The van der Waals surface area contributed by atoms with Crippen LogP contribution in [0, 0.1) is 24.5 Å². The Bertz CT molecular complexity index is 329. The van der Waals surface area contributed by atoms with Crippen LogP contribution in [0.3, 0.4) is 0 Å². The third-order valence-corrected chi connectivity index (χ3v) is 2.80. The first kappa shape index (κ1) is 22.3. The molecule has 1 aliphatic heterocycles. The molecule has 0 saturated heterocycles. The Balaban J connectivity index is -0.000000216. The third-order valence-electron chi connectivity index (χ3n) is 2.80. The van der Waals surface area contributed by atoms with Gasteiger partial charge in [-0.05, 0) is 0 Å². The molecule has 0 aromatic heterocycles. The topological polar surface area (TPSA) is 4.36 Å². The Labute approximate surface area is 133 Å². The molecule has 94 valence electrons. The molecule has 1 atom stereocenters. The Kier molecular flexibility index (Phi) is 14.8. The van der Waals surface area contributed by atoms with Crippen molar-refractivity contribution in [2.24, 2.45) is 5.92 Å². The minimum atomic E-state index is 0. The monoisotopic (exact) mass is 306 g/mol. The van der Waals surface area contributed by atoms with Crippen LogP contribution in [0.5, 0.6) is 0 Å². The van der Waals surface area contributed by atoms with Crippen LogP contribution in [0.25, 0.3) is 4.85 Å². The van der Waals surface area contributed by atoms with Gasteiger partial charge in [-0.25, -0.2) is 12.0 Å². The van der Waals surface area contributed by atoms with E-state index in [1.54, 1.807) is 0 Å². The summed E-state index contributed by atoms with van der Waals surface area (Å²) in [5, 5.41) is 0. The number of allylic oxidation sites excluding steroid dienone is 4. The van der Waals surface area contributed by atoms with Crippen LogP contribution in [0.4, 0.5) is 0 Å². The van der Waals surface area contributed by atoms with Crippen LogP contribution >= 0.6 is 0 Å². The van der Waals surface area contributed by atoms with Gasteiger partial charge in [0, 0.05) is 0 Å². The van der Waals surface area contributed by atoms with Crippen molar-refractivity contribution in [3.8, 4) is 6.07 Å². The fourth-order valence-electron chi connectivity index (χ4n) is 1.48. The minimum absolute atomic E-state index is 0. The van der Waals surface area contributed by atoms with Crippen molar-refractivity contribution in [1.82, 2.24) is 0 Å². The first-order valence-corrected chi connectivity index (χ1v) is 5.14. The summed E-state index contributed by atoms with van der Waals surface area (Å²) in [5.41, 5.74) is 4.25. The number of hydrogen-bond acceptors (Lipinski definition) is 0. The van der Waals surface area contributed by atoms with Gasteiger partial charge in [0.1, 0.15) is 6.07 Å². The van der Waals surface area contributed by atoms with E-state index in [4.69, 9.17) is 0 Å². The van der Waals surface area contributed by atoms with E-state index in [1.807, 2.05) is 6.42 Å². The minimum Gasteiger partial charge on any atom is -1.00 e. The van der Waals surface area contributed by atoms with E-state index in [0.29, 0.717) is 5.92 Å². The zero-order valence-corrected chi connectivity index (χ0v) is 13.8. The van der Waals surface area contributed by atoms with E-state index >= 15 is 0 Å². The van der Waals surface area contributed by atoms with Gasteiger partial charge >= 0.3 is 21.7 Å². The van der Waals surface area contributed by atoms with Gasteiger partial charge in [-0.2, -0.15) is 11.1 Å². The van der Waals surface area contributed by atoms with Crippen molar-refractivity contribution in [2.75, 3.05) is 6.54 Å². The van der Waals surface area contributed by atoms with Crippen molar-refractivity contribution in [3.63, 3.8) is 0 Å². The summed E-state index contributed by atoms with van der Waals surface area (Å²) in [4.78, 5) is 3.78. The van der Waals surface area contributed by atoms with Crippen molar-refractivity contribution in [1.29, 1.82) is 0 Å². The molecule has 1 heterocycles. The molecule has 0 aromatic carbocycles. The average Bonchev–Trinajstić information content (AvgIpc) is 2.78. The van der Waals surface area contributed by atoms with Crippen LogP contribution in [-0.4, -0.2) is 6.54 Å². The summed E-state index contributed by atoms with van der Waals surface area (Å²) in [6.07, 6.45) is 6.40. The van der Waals surface area contributed by atoms with E-state index in [0.717, 1.165) is 13.0 Å². The van der Waals surface area contributed by atoms with E-state index in [-0.39, 0.29) is 46.5 Å². The van der Waals surface area contributed by atoms with Gasteiger partial charge in [-0.1, -0.05) is 33.1 Å². The van der Waals surface area contributed by atoms with Crippen molar-refractivity contribution in [3.05, 3.63) is 34.1 Å². The molecule has 0 spiro atoms. The Morgan fingerprint density at radius 1 is 1.29 bits per heavy atom. The summed E-state index contributed by atoms with van der Waals surface area (Å²) in [7, 11) is 0. The third kappa shape index (κ3) is 7.22. The maximum atomic E-state index is 3.78. The first-order chi connectivity index (χ1) is 6.63. The molecule has 1 unspecified atom stereocenters. The predicted octanol–water partition coefficient (Wildman–Crippen LogP) is -2.35. The largest absolute Gasteiger partial charge is 2.00 e. The zero-order valence-electron chi connectivity index (χ0n) is 10.8. The molecule has 17 heavy (non-hydrogen) atoms. The molecule has 1 aliphatic carbocycles. The van der Waals surface area contributed by atoms with Crippen LogP contribution in [0.2, 0.25) is 0 Å². The van der Waals surface area contributed by atoms with Crippen LogP contribution < -0.4 is 24.8 Å². The maximum absolute atomic E-state index is 3.78. The Morgan fingerprint density at radius 3 is 2.00 bits per heavy atom. The summed E-state index contributed by atoms with van der Waals surface area (Å²) in [6.45, 7) is 9.63. The fourth-order valence-corrected chi connectivity index (χ4v) is 1.48. The summed E-state index contributed by atoms with van der Waals surface area (Å²) < 4.78 is 0. The maximum Gasteiger partial charge on any atom is 2.00 e. The summed E-state index contributed by atoms with van der Waals surface area (Å²) in [5.74, 6) is 0.560. The van der Waals surface area contributed by atoms with Crippen molar-refractivity contribution < 1.29 is 46.5 Å². The second-order valence-electron chi connectivity index (χ2n) is 3.80. The molecule has 0 aromatic rings. The summed E-state index contributed by atoms with van der Waals surface area (Å²) >= 11 is 0. The van der Waals surface area contributed by atoms with E-state index < -0.39 is 0 Å². The Morgan fingerprint density at radius 2 is 1.88 bits per heavy atom. The average molecular weight is 307 g/mol. The molecule has 4 heteroatoms. The molecule has 0 fully saturated rings. The fraction of sp³-hybridized carbons (Fsp3) is 0.538. The van der Waals surface area contributed by atoms with Gasteiger partial charge in [0.25, 0.3) is 0 Å². The molecule has 0 N–H and O–H groups in total. The molecule has 2 aliphatic rings. The quantitative estimate of drug-likeness (QED) is 0.349. The number of rotatable bonds is 0. The number of hydrogen-bond donors (Lipinski definition) is 0. The molecule has 0 amide bonds. The molecule has 0 bridgehead atoms. The second kappa shape index (κ2) is 11.2. The smallest absolute Gasteiger partial charge is 1.00 e. The molecular weight excluding hydrogens is 289 g/mol. The number of halogens is 2. The van der Waals surface area contributed by atoms with Crippen LogP contribution in [-0.2, 0) is 21.7 Å². The standard InChI is InChI=1S/C9H13.C4H5N.2ClH.Ti/c1-6-5-7(2)9(4)8(6)3;1-2-4-5-3-1;;;/h6H,1-4H3;1H,2,4H2;2*1H;/q-1;;;;+2/p-2. The normalized spacial score (nSPS) is 19.1. The number of nitrogens with zero attached hydrogens (tertiary/aromatic N) is 1. The first-order valence-electron chi connectivity index (χ1n) is 5.14. The second-order valence-corrected chi connectivity index (χ2v) is 3.80. The van der Waals surface area contributed by atoms with Crippen LogP contribution in [0.15, 0.2) is 16.7 Å². The van der Waals surface area contributed by atoms with Gasteiger partial charge in [0.05, 0.1) is 0 Å². The van der Waals surface area contributed by atoms with Gasteiger partial charge in [0.15, 0.2) is 0 Å². The van der Waals surface area contributed by atoms with Gasteiger partial charge in [-0.15, -0.1) is 11.8 Å². The molecule has 1 nitrogen and oxygen atoms in total. The molecular formula is C13H18Cl2NTi-.